The van der Waals surface area contributed by atoms with Gasteiger partial charge in [-0.2, -0.15) is 8.78 Å². The molecule has 0 unspecified atom stereocenters. The van der Waals surface area contributed by atoms with Crippen molar-refractivity contribution in [2.24, 2.45) is 0 Å². The number of aromatic nitrogens is 2. The molecule has 1 N–H and O–H groups in total. The first-order chi connectivity index (χ1) is 14.6. The summed E-state index contributed by atoms with van der Waals surface area (Å²) in [5.41, 5.74) is 5.28. The number of ether oxygens (including phenoxy) is 1. The summed E-state index contributed by atoms with van der Waals surface area (Å²) in [5.74, 6) is 1.02. The number of nitrogens with one attached hydrogen (secondary N) is 1. The molecule has 1 aromatic heterocycles. The van der Waals surface area contributed by atoms with Crippen molar-refractivity contribution in [2.45, 2.75) is 85.2 Å². The van der Waals surface area contributed by atoms with Gasteiger partial charge in [-0.25, -0.2) is 9.97 Å². The average molecular weight is 418 g/mol. The summed E-state index contributed by atoms with van der Waals surface area (Å²) in [4.78, 5) is 9.75. The molecule has 3 rings (SSSR count). The van der Waals surface area contributed by atoms with Gasteiger partial charge in [0.15, 0.2) is 0 Å². The van der Waals surface area contributed by atoms with Crippen LogP contribution in [0.5, 0.6) is 5.75 Å². The van der Waals surface area contributed by atoms with Crippen molar-refractivity contribution in [3.63, 3.8) is 0 Å². The van der Waals surface area contributed by atoms with Gasteiger partial charge in [0.2, 0.25) is 0 Å². The molecule has 0 saturated carbocycles. The fourth-order valence-corrected chi connectivity index (χ4v) is 4.08. The Kier molecular flexibility index (Phi) is 8.00. The van der Waals surface area contributed by atoms with Crippen molar-refractivity contribution < 1.29 is 13.5 Å². The minimum absolute atomic E-state index is 0.209. The van der Waals surface area contributed by atoms with Gasteiger partial charge in [-0.1, -0.05) is 33.6 Å². The van der Waals surface area contributed by atoms with E-state index in [9.17, 15) is 8.78 Å². The van der Waals surface area contributed by atoms with Gasteiger partial charge in [0, 0.05) is 12.1 Å². The summed E-state index contributed by atoms with van der Waals surface area (Å²) >= 11 is 0. The number of anilines is 1. The normalized spacial score (nSPS) is 13.4. The standard InChI is InChI=1S/C24H33F2N3O/c1-4-7-10-13-27-23-20(6-3)28-22(19(5-2)29-23)18-14-16-11-8-9-12-17(16)15-21(18)30-24(25)26/h14-15,24H,4-13H2,1-3H3,(H,27,29). The third-order valence-electron chi connectivity index (χ3n) is 5.70. The number of hydrogen-bond donors (Lipinski definition) is 1. The third-order valence-corrected chi connectivity index (χ3v) is 5.70. The van der Waals surface area contributed by atoms with Crippen molar-refractivity contribution >= 4 is 5.82 Å². The van der Waals surface area contributed by atoms with Crippen LogP contribution in [0.4, 0.5) is 14.6 Å². The van der Waals surface area contributed by atoms with Gasteiger partial charge in [0.1, 0.15) is 11.6 Å². The van der Waals surface area contributed by atoms with Crippen molar-refractivity contribution in [3.8, 4) is 17.0 Å². The van der Waals surface area contributed by atoms with E-state index >= 15 is 0 Å². The molecule has 6 heteroatoms. The molecule has 0 fully saturated rings. The molecule has 30 heavy (non-hydrogen) atoms. The summed E-state index contributed by atoms with van der Waals surface area (Å²) in [6, 6.07) is 3.79. The highest BCUT2D eigenvalue weighted by Crippen LogP contribution is 2.38. The van der Waals surface area contributed by atoms with Crippen LogP contribution in [0.1, 0.15) is 75.4 Å². The summed E-state index contributed by atoms with van der Waals surface area (Å²) < 4.78 is 31.3. The second kappa shape index (κ2) is 10.7. The number of aryl methyl sites for hydroxylation is 4. The molecule has 1 aliphatic rings. The van der Waals surface area contributed by atoms with Crippen molar-refractivity contribution in [1.29, 1.82) is 0 Å². The van der Waals surface area contributed by atoms with Crippen molar-refractivity contribution in [2.75, 3.05) is 11.9 Å². The monoisotopic (exact) mass is 417 g/mol. The molecular formula is C24H33F2N3O. The second-order valence-electron chi connectivity index (χ2n) is 7.86. The second-order valence-corrected chi connectivity index (χ2v) is 7.86. The molecule has 0 bridgehead atoms. The van der Waals surface area contributed by atoms with Crippen LogP contribution in [0.15, 0.2) is 12.1 Å². The Hall–Kier alpha value is -2.24. The lowest BCUT2D eigenvalue weighted by Gasteiger charge is -2.21. The van der Waals surface area contributed by atoms with E-state index in [1.807, 2.05) is 19.9 Å². The first-order valence-corrected chi connectivity index (χ1v) is 11.3. The first-order valence-electron chi connectivity index (χ1n) is 11.3. The molecule has 1 heterocycles. The molecule has 1 aliphatic carbocycles. The molecule has 0 amide bonds. The summed E-state index contributed by atoms with van der Waals surface area (Å²) in [5, 5.41) is 3.42. The van der Waals surface area contributed by atoms with Gasteiger partial charge in [-0.15, -0.1) is 0 Å². The number of rotatable bonds is 10. The van der Waals surface area contributed by atoms with Gasteiger partial charge in [-0.05, 0) is 68.2 Å². The molecule has 1 aromatic carbocycles. The largest absolute Gasteiger partial charge is 0.434 e. The van der Waals surface area contributed by atoms with Gasteiger partial charge in [0.05, 0.1) is 17.1 Å². The number of fused-ring (bicyclic) bond motifs is 1. The van der Waals surface area contributed by atoms with Gasteiger partial charge in [-0.3, -0.25) is 0 Å². The Balaban J connectivity index is 2.05. The molecule has 0 radical (unpaired) electrons. The number of alkyl halides is 2. The lowest BCUT2D eigenvalue weighted by atomic mass is 9.89. The molecule has 0 atom stereocenters. The maximum atomic E-state index is 13.2. The van der Waals surface area contributed by atoms with Crippen LogP contribution in [0, 0.1) is 0 Å². The number of hydrogen-bond acceptors (Lipinski definition) is 4. The minimum atomic E-state index is -2.87. The zero-order valence-corrected chi connectivity index (χ0v) is 18.4. The lowest BCUT2D eigenvalue weighted by molar-refractivity contribution is -0.0495. The van der Waals surface area contributed by atoms with Crippen LogP contribution in [-0.2, 0) is 25.7 Å². The van der Waals surface area contributed by atoms with Crippen LogP contribution in [-0.4, -0.2) is 23.1 Å². The highest BCUT2D eigenvalue weighted by Gasteiger charge is 2.22. The Morgan fingerprint density at radius 2 is 1.67 bits per heavy atom. The molecule has 0 spiro atoms. The smallest absolute Gasteiger partial charge is 0.387 e. The predicted molar refractivity (Wildman–Crippen MR) is 118 cm³/mol. The van der Waals surface area contributed by atoms with Crippen LogP contribution in [0.3, 0.4) is 0 Å². The topological polar surface area (TPSA) is 47.0 Å². The lowest BCUT2D eigenvalue weighted by Crippen LogP contribution is -2.12. The Bertz CT molecular complexity index is 855. The summed E-state index contributed by atoms with van der Waals surface area (Å²) in [6.45, 7) is 4.23. The van der Waals surface area contributed by atoms with E-state index in [4.69, 9.17) is 14.7 Å². The number of benzene rings is 1. The fourth-order valence-electron chi connectivity index (χ4n) is 4.08. The van der Waals surface area contributed by atoms with E-state index in [0.29, 0.717) is 17.7 Å². The van der Waals surface area contributed by atoms with E-state index in [1.54, 1.807) is 6.07 Å². The number of unbranched alkanes of at least 4 members (excludes halogenated alkanes) is 2. The van der Waals surface area contributed by atoms with Crippen LogP contribution in [0.25, 0.3) is 11.3 Å². The molecule has 2 aromatic rings. The highest BCUT2D eigenvalue weighted by atomic mass is 19.3. The van der Waals surface area contributed by atoms with E-state index in [0.717, 1.165) is 67.8 Å². The van der Waals surface area contributed by atoms with E-state index in [2.05, 4.69) is 12.2 Å². The Morgan fingerprint density at radius 1 is 0.967 bits per heavy atom. The number of nitrogens with zero attached hydrogens (tertiary/aromatic N) is 2. The average Bonchev–Trinajstić information content (AvgIpc) is 2.75. The van der Waals surface area contributed by atoms with E-state index < -0.39 is 6.61 Å². The molecule has 164 valence electrons. The van der Waals surface area contributed by atoms with Crippen LogP contribution in [0.2, 0.25) is 0 Å². The maximum absolute atomic E-state index is 13.2. The molecule has 0 saturated heterocycles. The molecular weight excluding hydrogens is 384 g/mol. The van der Waals surface area contributed by atoms with E-state index in [-0.39, 0.29) is 5.75 Å². The summed E-state index contributed by atoms with van der Waals surface area (Å²) in [6.07, 6.45) is 8.88. The maximum Gasteiger partial charge on any atom is 0.387 e. The third kappa shape index (κ3) is 5.27. The predicted octanol–water partition coefficient (Wildman–Crippen LogP) is 6.35. The van der Waals surface area contributed by atoms with Crippen LogP contribution < -0.4 is 10.1 Å². The summed E-state index contributed by atoms with van der Waals surface area (Å²) in [7, 11) is 0. The zero-order chi connectivity index (χ0) is 21.5. The number of halogens is 2. The van der Waals surface area contributed by atoms with E-state index in [1.165, 1.54) is 18.4 Å². The fraction of sp³-hybridized carbons (Fsp3) is 0.583. The van der Waals surface area contributed by atoms with Gasteiger partial charge < -0.3 is 10.1 Å². The minimum Gasteiger partial charge on any atom is -0.434 e. The molecule has 0 aliphatic heterocycles. The van der Waals surface area contributed by atoms with Crippen LogP contribution >= 0.6 is 0 Å². The Morgan fingerprint density at radius 3 is 2.30 bits per heavy atom. The quantitative estimate of drug-likeness (QED) is 0.458. The SMILES string of the molecule is CCCCCNc1nc(CC)c(-c2cc3c(cc2OC(F)F)CCCC3)nc1CC. The van der Waals surface area contributed by atoms with Crippen molar-refractivity contribution in [3.05, 3.63) is 34.6 Å². The van der Waals surface area contributed by atoms with Gasteiger partial charge in [0.25, 0.3) is 0 Å². The zero-order valence-electron chi connectivity index (χ0n) is 18.4. The first kappa shape index (κ1) is 22.4. The van der Waals surface area contributed by atoms with Gasteiger partial charge >= 0.3 is 6.61 Å². The highest BCUT2D eigenvalue weighted by molar-refractivity contribution is 5.72. The van der Waals surface area contributed by atoms with Crippen molar-refractivity contribution in [1.82, 2.24) is 9.97 Å². The Labute approximate surface area is 178 Å². The molecule has 4 nitrogen and oxygen atoms in total.